The van der Waals surface area contributed by atoms with Crippen LogP contribution in [0.4, 0.5) is 0 Å². The van der Waals surface area contributed by atoms with Crippen molar-refractivity contribution in [2.45, 2.75) is 6.42 Å². The van der Waals surface area contributed by atoms with Crippen molar-refractivity contribution in [3.05, 3.63) is 28.9 Å². The van der Waals surface area contributed by atoms with Gasteiger partial charge in [0.2, 0.25) is 0 Å². The second-order valence-corrected chi connectivity index (χ2v) is 5.47. The quantitative estimate of drug-likeness (QED) is 0.927. The number of fused-ring (bicyclic) bond motifs is 1. The van der Waals surface area contributed by atoms with Gasteiger partial charge in [0, 0.05) is 45.2 Å². The molecule has 5 heteroatoms. The molecule has 0 unspecified atom stereocenters. The van der Waals surface area contributed by atoms with Crippen LogP contribution in [0.2, 0.25) is 5.15 Å². The maximum atomic E-state index is 6.15. The van der Waals surface area contributed by atoms with Crippen molar-refractivity contribution in [3.8, 4) is 0 Å². The molecule has 1 N–H and O–H groups in total. The van der Waals surface area contributed by atoms with Crippen LogP contribution in [0.15, 0.2) is 18.2 Å². The number of hydrogen-bond donors (Lipinski definition) is 1. The summed E-state index contributed by atoms with van der Waals surface area (Å²) >= 11 is 6.15. The average Bonchev–Trinajstić information content (AvgIpc) is 2.73. The molecule has 0 bridgehead atoms. The summed E-state index contributed by atoms with van der Waals surface area (Å²) in [5, 5.41) is 9.28. The molecule has 0 radical (unpaired) electrons. The van der Waals surface area contributed by atoms with Crippen molar-refractivity contribution in [2.75, 3.05) is 32.7 Å². The number of nitrogens with one attached hydrogen (secondary N) is 1. The third-order valence-electron chi connectivity index (χ3n) is 3.80. The monoisotopic (exact) mass is 278 g/mol. The summed E-state index contributed by atoms with van der Waals surface area (Å²) in [5.74, 6) is 0. The summed E-state index contributed by atoms with van der Waals surface area (Å²) < 4.78 is 1.83. The van der Waals surface area contributed by atoms with Crippen LogP contribution < -0.4 is 5.32 Å². The normalized spacial score (nSPS) is 17.2. The minimum Gasteiger partial charge on any atom is -0.314 e. The van der Waals surface area contributed by atoms with Crippen LogP contribution in [-0.2, 0) is 13.5 Å². The molecule has 0 spiro atoms. The molecule has 2 aromatic rings. The van der Waals surface area contributed by atoms with Gasteiger partial charge in [-0.2, -0.15) is 5.10 Å². The average molecular weight is 279 g/mol. The Morgan fingerprint density at radius 1 is 1.32 bits per heavy atom. The summed E-state index contributed by atoms with van der Waals surface area (Å²) in [6.07, 6.45) is 1.07. The summed E-state index contributed by atoms with van der Waals surface area (Å²) in [6.45, 7) is 5.62. The highest BCUT2D eigenvalue weighted by Crippen LogP contribution is 2.23. The highest BCUT2D eigenvalue weighted by atomic mass is 35.5. The molecule has 0 amide bonds. The Morgan fingerprint density at radius 2 is 2.11 bits per heavy atom. The van der Waals surface area contributed by atoms with Gasteiger partial charge in [-0.3, -0.25) is 4.68 Å². The molecule has 102 valence electrons. The van der Waals surface area contributed by atoms with E-state index in [2.05, 4.69) is 33.5 Å². The number of benzene rings is 1. The highest BCUT2D eigenvalue weighted by Gasteiger charge is 2.10. The molecule has 0 saturated carbocycles. The lowest BCUT2D eigenvalue weighted by Gasteiger charge is -2.27. The predicted octanol–water partition coefficient (Wildman–Crippen LogP) is 1.67. The Hall–Kier alpha value is -1.10. The van der Waals surface area contributed by atoms with E-state index in [9.17, 15) is 0 Å². The Balaban J connectivity index is 1.72. The summed E-state index contributed by atoms with van der Waals surface area (Å²) in [6, 6.07) is 6.47. The van der Waals surface area contributed by atoms with E-state index < -0.39 is 0 Å². The number of halogens is 1. The Kier molecular flexibility index (Phi) is 3.73. The number of aryl methyl sites for hydroxylation is 1. The van der Waals surface area contributed by atoms with Crippen molar-refractivity contribution in [1.29, 1.82) is 0 Å². The van der Waals surface area contributed by atoms with Crippen LogP contribution in [0.5, 0.6) is 0 Å². The van der Waals surface area contributed by atoms with Crippen LogP contribution in [0.25, 0.3) is 10.9 Å². The summed E-state index contributed by atoms with van der Waals surface area (Å²) in [7, 11) is 1.93. The Bertz CT molecular complexity index is 572. The van der Waals surface area contributed by atoms with E-state index >= 15 is 0 Å². The smallest absolute Gasteiger partial charge is 0.158 e. The van der Waals surface area contributed by atoms with Gasteiger partial charge in [0.1, 0.15) is 0 Å². The standard InChI is InChI=1S/C14H19ClN4/c1-18-13-3-2-11(10-12(13)14(15)17-18)4-7-19-8-5-16-6-9-19/h2-3,10,16H,4-9H2,1H3. The molecule has 1 aliphatic rings. The second kappa shape index (κ2) is 5.49. The number of rotatable bonds is 3. The fraction of sp³-hybridized carbons (Fsp3) is 0.500. The molecule has 1 aromatic carbocycles. The topological polar surface area (TPSA) is 33.1 Å². The SMILES string of the molecule is Cn1nc(Cl)c2cc(CCN3CCNCC3)ccc21. The van der Waals surface area contributed by atoms with Gasteiger partial charge in [0.15, 0.2) is 5.15 Å². The number of nitrogens with zero attached hydrogens (tertiary/aromatic N) is 3. The Labute approximate surface area is 118 Å². The van der Waals surface area contributed by atoms with E-state index in [1.165, 1.54) is 5.56 Å². The van der Waals surface area contributed by atoms with Crippen molar-refractivity contribution >= 4 is 22.5 Å². The molecule has 4 nitrogen and oxygen atoms in total. The van der Waals surface area contributed by atoms with Gasteiger partial charge in [0.05, 0.1) is 5.52 Å². The van der Waals surface area contributed by atoms with Crippen molar-refractivity contribution in [1.82, 2.24) is 20.0 Å². The molecule has 1 aliphatic heterocycles. The van der Waals surface area contributed by atoms with E-state index in [4.69, 9.17) is 11.6 Å². The van der Waals surface area contributed by atoms with Crippen LogP contribution in [0, 0.1) is 0 Å². The van der Waals surface area contributed by atoms with E-state index in [0.29, 0.717) is 5.15 Å². The first-order valence-corrected chi connectivity index (χ1v) is 7.16. The van der Waals surface area contributed by atoms with Gasteiger partial charge < -0.3 is 10.2 Å². The first kappa shape index (κ1) is 12.9. The van der Waals surface area contributed by atoms with E-state index in [1.54, 1.807) is 0 Å². The zero-order valence-electron chi connectivity index (χ0n) is 11.2. The minimum atomic E-state index is 0.599. The number of hydrogen-bond acceptors (Lipinski definition) is 3. The highest BCUT2D eigenvalue weighted by molar-refractivity contribution is 6.34. The first-order chi connectivity index (χ1) is 9.24. The maximum absolute atomic E-state index is 6.15. The van der Waals surface area contributed by atoms with Gasteiger partial charge in [-0.15, -0.1) is 0 Å². The molecule has 3 rings (SSSR count). The summed E-state index contributed by atoms with van der Waals surface area (Å²) in [5.41, 5.74) is 2.43. The molecule has 0 aliphatic carbocycles. The molecular weight excluding hydrogens is 260 g/mol. The Morgan fingerprint density at radius 3 is 2.89 bits per heavy atom. The first-order valence-electron chi connectivity index (χ1n) is 6.78. The van der Waals surface area contributed by atoms with E-state index in [0.717, 1.165) is 50.0 Å². The predicted molar refractivity (Wildman–Crippen MR) is 78.7 cm³/mol. The van der Waals surface area contributed by atoms with Crippen molar-refractivity contribution in [3.63, 3.8) is 0 Å². The van der Waals surface area contributed by atoms with Crippen LogP contribution >= 0.6 is 11.6 Å². The molecule has 1 saturated heterocycles. The number of aromatic nitrogens is 2. The van der Waals surface area contributed by atoms with E-state index in [-0.39, 0.29) is 0 Å². The molecule has 1 aromatic heterocycles. The van der Waals surface area contributed by atoms with Gasteiger partial charge in [-0.1, -0.05) is 17.7 Å². The van der Waals surface area contributed by atoms with Gasteiger partial charge in [-0.05, 0) is 24.1 Å². The van der Waals surface area contributed by atoms with Crippen LogP contribution in [0.3, 0.4) is 0 Å². The third kappa shape index (κ3) is 2.76. The van der Waals surface area contributed by atoms with Crippen molar-refractivity contribution in [2.24, 2.45) is 7.05 Å². The molecule has 2 heterocycles. The van der Waals surface area contributed by atoms with E-state index in [1.807, 2.05) is 11.7 Å². The molecule has 19 heavy (non-hydrogen) atoms. The van der Waals surface area contributed by atoms with Gasteiger partial charge in [-0.25, -0.2) is 0 Å². The second-order valence-electron chi connectivity index (χ2n) is 5.11. The lowest BCUT2D eigenvalue weighted by Crippen LogP contribution is -2.44. The van der Waals surface area contributed by atoms with Crippen LogP contribution in [-0.4, -0.2) is 47.4 Å². The zero-order valence-corrected chi connectivity index (χ0v) is 12.0. The largest absolute Gasteiger partial charge is 0.314 e. The lowest BCUT2D eigenvalue weighted by atomic mass is 10.1. The lowest BCUT2D eigenvalue weighted by molar-refractivity contribution is 0.244. The maximum Gasteiger partial charge on any atom is 0.158 e. The van der Waals surface area contributed by atoms with Crippen molar-refractivity contribution < 1.29 is 0 Å². The fourth-order valence-corrected chi connectivity index (χ4v) is 2.91. The van der Waals surface area contributed by atoms with Gasteiger partial charge >= 0.3 is 0 Å². The molecular formula is C14H19ClN4. The van der Waals surface area contributed by atoms with Gasteiger partial charge in [0.25, 0.3) is 0 Å². The fourth-order valence-electron chi connectivity index (χ4n) is 2.65. The molecule has 0 atom stereocenters. The van der Waals surface area contributed by atoms with Crippen LogP contribution in [0.1, 0.15) is 5.56 Å². The molecule has 1 fully saturated rings. The minimum absolute atomic E-state index is 0.599. The zero-order chi connectivity index (χ0) is 13.2. The summed E-state index contributed by atoms with van der Waals surface area (Å²) in [4.78, 5) is 2.51. The number of piperazine rings is 1. The third-order valence-corrected chi connectivity index (χ3v) is 4.08.